The zero-order valence-corrected chi connectivity index (χ0v) is 18.0. The van der Waals surface area contributed by atoms with Crippen molar-refractivity contribution in [2.45, 2.75) is 12.6 Å². The summed E-state index contributed by atoms with van der Waals surface area (Å²) in [6, 6.07) is 8.13. The second-order valence-corrected chi connectivity index (χ2v) is 7.64. The molecule has 0 bridgehead atoms. The molecule has 3 N–H and O–H groups in total. The summed E-state index contributed by atoms with van der Waals surface area (Å²) in [7, 11) is 2.91. The number of carbonyl (C=O) groups is 1. The number of benzene rings is 1. The van der Waals surface area contributed by atoms with Crippen molar-refractivity contribution in [3.8, 4) is 0 Å². The number of nitrogens with zero attached hydrogens (tertiary/aromatic N) is 3. The number of hydrogen-bond donors (Lipinski definition) is 3. The fourth-order valence-electron chi connectivity index (χ4n) is 3.50. The third kappa shape index (κ3) is 4.56. The number of imidazole rings is 1. The van der Waals surface area contributed by atoms with Gasteiger partial charge in [-0.25, -0.2) is 9.78 Å². The molecule has 0 aliphatic rings. The van der Waals surface area contributed by atoms with Gasteiger partial charge in [-0.2, -0.15) is 13.2 Å². The van der Waals surface area contributed by atoms with Gasteiger partial charge in [0.15, 0.2) is 0 Å². The summed E-state index contributed by atoms with van der Waals surface area (Å²) in [4.78, 5) is 43.5. The van der Waals surface area contributed by atoms with Crippen LogP contribution in [0.25, 0.3) is 11.0 Å². The summed E-state index contributed by atoms with van der Waals surface area (Å²) >= 11 is 0. The summed E-state index contributed by atoms with van der Waals surface area (Å²) in [6.45, 7) is 0. The average molecular weight is 472 g/mol. The standard InChI is InChI=1S/C22H19F3N6O3/c1-30-11-13(22(23,24)25)10-16(20(30)33)29-21(34)27-14-5-3-12(4-6-14)9-17-28-15-7-8-26-19(32)18(15)31(17)2/h3-8,10-11H,9H2,1-2H3,(H,26,32)(H2,27,29,34). The van der Waals surface area contributed by atoms with E-state index in [9.17, 15) is 27.6 Å². The van der Waals surface area contributed by atoms with Crippen molar-refractivity contribution in [2.24, 2.45) is 14.1 Å². The van der Waals surface area contributed by atoms with E-state index in [1.165, 1.54) is 13.2 Å². The molecule has 0 aliphatic heterocycles. The van der Waals surface area contributed by atoms with E-state index in [1.807, 2.05) is 0 Å². The zero-order valence-electron chi connectivity index (χ0n) is 18.0. The Bertz CT molecular complexity index is 1500. The number of pyridine rings is 2. The van der Waals surface area contributed by atoms with Gasteiger partial charge in [0, 0.05) is 38.6 Å². The SMILES string of the molecule is Cn1cc(C(F)(F)F)cc(NC(=O)Nc2ccc(Cc3nc4cc[nH]c(=O)c4n3C)cc2)c1=O. The van der Waals surface area contributed by atoms with Gasteiger partial charge in [-0.15, -0.1) is 0 Å². The van der Waals surface area contributed by atoms with Gasteiger partial charge >= 0.3 is 12.2 Å². The fraction of sp³-hybridized carbons (Fsp3) is 0.182. The van der Waals surface area contributed by atoms with Crippen molar-refractivity contribution < 1.29 is 18.0 Å². The monoisotopic (exact) mass is 472 g/mol. The number of halogens is 3. The maximum atomic E-state index is 13.0. The molecule has 3 heterocycles. The number of hydrogen-bond acceptors (Lipinski definition) is 4. The summed E-state index contributed by atoms with van der Waals surface area (Å²) in [5, 5.41) is 4.65. The number of aryl methyl sites for hydroxylation is 2. The molecule has 2 amide bonds. The molecular formula is C22H19F3N6O3. The highest BCUT2D eigenvalue weighted by Crippen LogP contribution is 2.29. The normalized spacial score (nSPS) is 11.6. The number of alkyl halides is 3. The smallest absolute Gasteiger partial charge is 0.327 e. The highest BCUT2D eigenvalue weighted by molar-refractivity contribution is 5.99. The summed E-state index contributed by atoms with van der Waals surface area (Å²) in [5.41, 5.74) is -0.301. The molecule has 0 saturated heterocycles. The van der Waals surface area contributed by atoms with Gasteiger partial charge in [-0.1, -0.05) is 12.1 Å². The molecule has 0 aliphatic carbocycles. The molecule has 0 spiro atoms. The summed E-state index contributed by atoms with van der Waals surface area (Å²) < 4.78 is 41.5. The second kappa shape index (κ2) is 8.54. The zero-order chi connectivity index (χ0) is 24.6. The van der Waals surface area contributed by atoms with Crippen LogP contribution in [-0.2, 0) is 26.7 Å². The van der Waals surface area contributed by atoms with Crippen molar-refractivity contribution >= 4 is 28.4 Å². The topological polar surface area (TPSA) is 114 Å². The van der Waals surface area contributed by atoms with Crippen molar-refractivity contribution in [1.82, 2.24) is 19.1 Å². The molecule has 1 aromatic carbocycles. The van der Waals surface area contributed by atoms with E-state index in [2.05, 4.69) is 20.6 Å². The highest BCUT2D eigenvalue weighted by Gasteiger charge is 2.32. The van der Waals surface area contributed by atoms with Crippen LogP contribution in [0.15, 0.2) is 58.4 Å². The molecule has 34 heavy (non-hydrogen) atoms. The van der Waals surface area contributed by atoms with E-state index in [4.69, 9.17) is 0 Å². The van der Waals surface area contributed by atoms with Crippen molar-refractivity contribution in [3.05, 3.63) is 86.5 Å². The predicted octanol–water partition coefficient (Wildman–Crippen LogP) is 3.21. The molecule has 3 aromatic heterocycles. The van der Waals surface area contributed by atoms with Crippen LogP contribution in [0, 0.1) is 0 Å². The lowest BCUT2D eigenvalue weighted by atomic mass is 10.1. The second-order valence-electron chi connectivity index (χ2n) is 7.64. The van der Waals surface area contributed by atoms with Crippen LogP contribution in [0.1, 0.15) is 17.0 Å². The van der Waals surface area contributed by atoms with Gasteiger partial charge in [-0.05, 0) is 29.8 Å². The third-order valence-electron chi connectivity index (χ3n) is 5.22. The van der Waals surface area contributed by atoms with Crippen LogP contribution in [0.3, 0.4) is 0 Å². The Hall–Kier alpha value is -4.35. The van der Waals surface area contributed by atoms with Gasteiger partial charge in [0.1, 0.15) is 17.0 Å². The van der Waals surface area contributed by atoms with E-state index >= 15 is 0 Å². The molecule has 0 fully saturated rings. The Balaban J connectivity index is 1.47. The maximum absolute atomic E-state index is 13.0. The first-order valence-electron chi connectivity index (χ1n) is 10.0. The minimum absolute atomic E-state index is 0.236. The highest BCUT2D eigenvalue weighted by atomic mass is 19.4. The number of carbonyl (C=O) groups excluding carboxylic acids is 1. The average Bonchev–Trinajstić information content (AvgIpc) is 3.08. The number of fused-ring (bicyclic) bond motifs is 1. The molecule has 9 nitrogen and oxygen atoms in total. The van der Waals surface area contributed by atoms with Crippen LogP contribution in [-0.4, -0.2) is 25.1 Å². The molecule has 0 atom stereocenters. The van der Waals surface area contributed by atoms with Gasteiger partial charge in [-0.3, -0.25) is 9.59 Å². The number of rotatable bonds is 4. The molecule has 4 rings (SSSR count). The molecule has 12 heteroatoms. The Kier molecular flexibility index (Phi) is 5.73. The third-order valence-corrected chi connectivity index (χ3v) is 5.22. The molecule has 176 valence electrons. The first kappa shape index (κ1) is 22.8. The van der Waals surface area contributed by atoms with Crippen LogP contribution in [0.4, 0.5) is 29.3 Å². The molecule has 0 saturated carbocycles. The number of aromatic nitrogens is 4. The van der Waals surface area contributed by atoms with E-state index in [0.717, 1.165) is 10.1 Å². The minimum atomic E-state index is -4.67. The summed E-state index contributed by atoms with van der Waals surface area (Å²) in [6.07, 6.45) is -2.05. The Morgan fingerprint density at radius 1 is 1.09 bits per heavy atom. The fourth-order valence-corrected chi connectivity index (χ4v) is 3.50. The number of aromatic amines is 1. The molecule has 4 aromatic rings. The quantitative estimate of drug-likeness (QED) is 0.423. The van der Waals surface area contributed by atoms with Crippen LogP contribution >= 0.6 is 0 Å². The maximum Gasteiger partial charge on any atom is 0.417 e. The number of H-pyrrole nitrogens is 1. The lowest BCUT2D eigenvalue weighted by Gasteiger charge is -2.12. The largest absolute Gasteiger partial charge is 0.417 e. The number of urea groups is 1. The van der Waals surface area contributed by atoms with Gasteiger partial charge in [0.25, 0.3) is 11.1 Å². The number of anilines is 2. The first-order chi connectivity index (χ1) is 16.0. The van der Waals surface area contributed by atoms with Crippen molar-refractivity contribution in [2.75, 3.05) is 10.6 Å². The molecular weight excluding hydrogens is 453 g/mol. The lowest BCUT2D eigenvalue weighted by Crippen LogP contribution is -2.28. The molecule has 0 unspecified atom stereocenters. The van der Waals surface area contributed by atoms with E-state index in [0.29, 0.717) is 41.2 Å². The van der Waals surface area contributed by atoms with Gasteiger partial charge in [0.05, 0.1) is 11.1 Å². The van der Waals surface area contributed by atoms with Crippen LogP contribution in [0.5, 0.6) is 0 Å². The predicted molar refractivity (Wildman–Crippen MR) is 120 cm³/mol. The van der Waals surface area contributed by atoms with E-state index in [-0.39, 0.29) is 5.56 Å². The number of nitrogens with one attached hydrogen (secondary N) is 3. The lowest BCUT2D eigenvalue weighted by molar-refractivity contribution is -0.138. The van der Waals surface area contributed by atoms with Crippen molar-refractivity contribution in [3.63, 3.8) is 0 Å². The minimum Gasteiger partial charge on any atom is -0.327 e. The molecule has 0 radical (unpaired) electrons. The Morgan fingerprint density at radius 3 is 2.44 bits per heavy atom. The van der Waals surface area contributed by atoms with Crippen LogP contribution in [0.2, 0.25) is 0 Å². The van der Waals surface area contributed by atoms with E-state index in [1.54, 1.807) is 41.9 Å². The van der Waals surface area contributed by atoms with Crippen LogP contribution < -0.4 is 21.8 Å². The Morgan fingerprint density at radius 2 is 1.79 bits per heavy atom. The van der Waals surface area contributed by atoms with Gasteiger partial charge < -0.3 is 24.8 Å². The summed E-state index contributed by atoms with van der Waals surface area (Å²) in [5.74, 6) is 0.672. The van der Waals surface area contributed by atoms with Crippen molar-refractivity contribution in [1.29, 1.82) is 0 Å². The Labute approximate surface area is 189 Å². The first-order valence-corrected chi connectivity index (χ1v) is 10.0. The van der Waals surface area contributed by atoms with Gasteiger partial charge in [0.2, 0.25) is 0 Å². The van der Waals surface area contributed by atoms with E-state index < -0.39 is 29.0 Å². The number of amides is 2.